The van der Waals surface area contributed by atoms with Gasteiger partial charge in [0.25, 0.3) is 0 Å². The molecule has 0 amide bonds. The number of aliphatic hydroxyl groups is 1. The third-order valence-corrected chi connectivity index (χ3v) is 6.57. The first-order valence-corrected chi connectivity index (χ1v) is 12.5. The van der Waals surface area contributed by atoms with Crippen molar-refractivity contribution in [3.63, 3.8) is 0 Å². The van der Waals surface area contributed by atoms with Crippen LogP contribution >= 0.6 is 0 Å². The summed E-state index contributed by atoms with van der Waals surface area (Å²) in [5.74, 6) is 0.800. The second-order valence-corrected chi connectivity index (χ2v) is 8.86. The van der Waals surface area contributed by atoms with E-state index in [4.69, 9.17) is 14.6 Å². The predicted molar refractivity (Wildman–Crippen MR) is 142 cm³/mol. The molecule has 6 heteroatoms. The molecule has 3 aromatic heterocycles. The molecule has 0 aliphatic carbocycles. The monoisotopic (exact) mass is 475 g/mol. The predicted octanol–water partition coefficient (Wildman–Crippen LogP) is 7.10. The molecule has 3 heterocycles. The number of hydrogen-bond acceptors (Lipinski definition) is 5. The summed E-state index contributed by atoms with van der Waals surface area (Å²) in [6.45, 7) is 10.5. The van der Waals surface area contributed by atoms with E-state index >= 15 is 0 Å². The number of pyridine rings is 1. The molecule has 1 aromatic carbocycles. The van der Waals surface area contributed by atoms with Crippen LogP contribution in [0, 0.1) is 13.8 Å². The number of aromatic nitrogens is 3. The van der Waals surface area contributed by atoms with Crippen molar-refractivity contribution in [2.24, 2.45) is 0 Å². The minimum Gasteiger partial charge on any atom is -0.400 e. The van der Waals surface area contributed by atoms with E-state index in [9.17, 15) is 4.79 Å². The number of rotatable bonds is 9. The number of benzene rings is 1. The molecular weight excluding hydrogens is 438 g/mol. The summed E-state index contributed by atoms with van der Waals surface area (Å²) in [7, 11) is 1.00. The van der Waals surface area contributed by atoms with E-state index in [1.807, 2.05) is 32.2 Å². The number of aldehydes is 1. The van der Waals surface area contributed by atoms with Crippen LogP contribution in [0.2, 0.25) is 0 Å². The molecule has 6 nitrogen and oxygen atoms in total. The highest BCUT2D eigenvalue weighted by Gasteiger charge is 2.21. The van der Waals surface area contributed by atoms with Crippen molar-refractivity contribution in [1.29, 1.82) is 0 Å². The average molecular weight is 476 g/mol. The second-order valence-electron chi connectivity index (χ2n) is 8.86. The van der Waals surface area contributed by atoms with Gasteiger partial charge in [-0.3, -0.25) is 4.79 Å². The van der Waals surface area contributed by atoms with Crippen LogP contribution in [0.15, 0.2) is 41.2 Å². The molecule has 0 fully saturated rings. The van der Waals surface area contributed by atoms with Gasteiger partial charge in [-0.2, -0.15) is 0 Å². The molecule has 4 aromatic rings. The van der Waals surface area contributed by atoms with Crippen LogP contribution in [-0.4, -0.2) is 33.2 Å². The van der Waals surface area contributed by atoms with Gasteiger partial charge in [-0.25, -0.2) is 4.98 Å². The normalized spacial score (nSPS) is 11.1. The van der Waals surface area contributed by atoms with E-state index in [1.165, 1.54) is 5.56 Å². The Labute approximate surface area is 208 Å². The van der Waals surface area contributed by atoms with E-state index in [-0.39, 0.29) is 0 Å². The highest BCUT2D eigenvalue weighted by Crippen LogP contribution is 2.38. The Bertz CT molecular complexity index is 1260. The van der Waals surface area contributed by atoms with Crippen LogP contribution in [0.4, 0.5) is 0 Å². The molecule has 35 heavy (non-hydrogen) atoms. The molecule has 0 spiro atoms. The number of fused-ring (bicyclic) bond motifs is 1. The molecule has 0 aliphatic rings. The number of nitrogens with zero attached hydrogens (tertiary/aromatic N) is 3. The SMILES string of the molecule is CCCC(CCC)n1cc(-c2ccc(C=O)cc2CC)c2cc(-c3c(C)noc3C)cnc21.CO. The molecule has 0 aliphatic heterocycles. The molecule has 0 unspecified atom stereocenters. The van der Waals surface area contributed by atoms with Crippen LogP contribution in [0.25, 0.3) is 33.3 Å². The molecule has 0 atom stereocenters. The Morgan fingerprint density at radius 3 is 2.34 bits per heavy atom. The van der Waals surface area contributed by atoms with E-state index < -0.39 is 0 Å². The lowest BCUT2D eigenvalue weighted by molar-refractivity contribution is 0.112. The van der Waals surface area contributed by atoms with E-state index in [2.05, 4.69) is 48.8 Å². The first-order chi connectivity index (χ1) is 17.0. The number of carbonyl (C=O) groups excluding carboxylic acids is 1. The molecule has 4 rings (SSSR count). The van der Waals surface area contributed by atoms with Crippen LogP contribution in [0.5, 0.6) is 0 Å². The van der Waals surface area contributed by atoms with Crippen molar-refractivity contribution < 1.29 is 14.4 Å². The summed E-state index contributed by atoms with van der Waals surface area (Å²) >= 11 is 0. The summed E-state index contributed by atoms with van der Waals surface area (Å²) in [4.78, 5) is 16.4. The lowest BCUT2D eigenvalue weighted by Gasteiger charge is -2.18. The largest absolute Gasteiger partial charge is 0.400 e. The van der Waals surface area contributed by atoms with E-state index in [1.54, 1.807) is 0 Å². The minimum absolute atomic E-state index is 0.410. The number of hydrogen-bond donors (Lipinski definition) is 1. The average Bonchev–Trinajstić information content (AvgIpc) is 3.43. The molecular formula is C29H37N3O3. The van der Waals surface area contributed by atoms with E-state index in [0.717, 1.165) is 90.2 Å². The van der Waals surface area contributed by atoms with Crippen molar-refractivity contribution in [1.82, 2.24) is 14.7 Å². The van der Waals surface area contributed by atoms with Crippen LogP contribution in [0.3, 0.4) is 0 Å². The Kier molecular flexibility index (Phi) is 8.99. The van der Waals surface area contributed by atoms with Crippen LogP contribution in [-0.2, 0) is 6.42 Å². The summed E-state index contributed by atoms with van der Waals surface area (Å²) in [5.41, 5.74) is 8.11. The molecule has 0 saturated heterocycles. The van der Waals surface area contributed by atoms with Crippen LogP contribution < -0.4 is 0 Å². The topological polar surface area (TPSA) is 81.2 Å². The first kappa shape index (κ1) is 26.4. The van der Waals surface area contributed by atoms with E-state index in [0.29, 0.717) is 11.6 Å². The summed E-state index contributed by atoms with van der Waals surface area (Å²) < 4.78 is 7.81. The zero-order chi connectivity index (χ0) is 25.5. The van der Waals surface area contributed by atoms with Gasteiger partial charge in [0.05, 0.1) is 5.69 Å². The third kappa shape index (κ3) is 5.22. The van der Waals surface area contributed by atoms with Gasteiger partial charge in [-0.1, -0.05) is 50.9 Å². The number of aryl methyl sites for hydroxylation is 3. The van der Waals surface area contributed by atoms with Crippen molar-refractivity contribution in [3.05, 3.63) is 59.2 Å². The third-order valence-electron chi connectivity index (χ3n) is 6.57. The zero-order valence-corrected chi connectivity index (χ0v) is 21.8. The molecule has 1 N–H and O–H groups in total. The highest BCUT2D eigenvalue weighted by atomic mass is 16.5. The van der Waals surface area contributed by atoms with Gasteiger partial charge in [-0.05, 0) is 56.4 Å². The maximum atomic E-state index is 11.4. The van der Waals surface area contributed by atoms with Gasteiger partial charge in [0.1, 0.15) is 17.7 Å². The van der Waals surface area contributed by atoms with Crippen molar-refractivity contribution in [3.8, 4) is 22.3 Å². The second kappa shape index (κ2) is 11.9. The maximum absolute atomic E-state index is 11.4. The van der Waals surface area contributed by atoms with Gasteiger partial charge < -0.3 is 14.2 Å². The molecule has 0 saturated carbocycles. The quantitative estimate of drug-likeness (QED) is 0.261. The van der Waals surface area contributed by atoms with Gasteiger partial charge >= 0.3 is 0 Å². The zero-order valence-electron chi connectivity index (χ0n) is 21.8. The van der Waals surface area contributed by atoms with Crippen LogP contribution in [0.1, 0.15) is 79.9 Å². The molecule has 0 bridgehead atoms. The maximum Gasteiger partial charge on any atom is 0.150 e. The van der Waals surface area contributed by atoms with Gasteiger partial charge in [0.2, 0.25) is 0 Å². The van der Waals surface area contributed by atoms with Crippen molar-refractivity contribution in [2.45, 2.75) is 72.8 Å². The highest BCUT2D eigenvalue weighted by molar-refractivity contribution is 5.98. The lowest BCUT2D eigenvalue weighted by Crippen LogP contribution is -2.08. The fourth-order valence-corrected chi connectivity index (χ4v) is 4.99. The molecule has 186 valence electrons. The summed E-state index contributed by atoms with van der Waals surface area (Å²) in [5, 5.41) is 12.3. The standard InChI is InChI=1S/C28H33N3O2.CH4O/c1-6-9-23(10-7-2)31-16-26(24-12-11-20(17-32)13-21(24)8-3)25-14-22(15-29-28(25)31)27-18(4)30-33-19(27)5;1-2/h11-17,23H,6-10H2,1-5H3;2H,1H3. The van der Waals surface area contributed by atoms with Gasteiger partial charge in [0, 0.05) is 53.2 Å². The lowest BCUT2D eigenvalue weighted by atomic mass is 9.95. The fraction of sp³-hybridized carbons (Fsp3) is 0.414. The number of aliphatic hydroxyl groups excluding tert-OH is 1. The number of carbonyl (C=O) groups is 1. The Morgan fingerprint density at radius 1 is 1.06 bits per heavy atom. The van der Waals surface area contributed by atoms with Gasteiger partial charge in [-0.15, -0.1) is 0 Å². The Hall–Kier alpha value is -3.25. The summed E-state index contributed by atoms with van der Waals surface area (Å²) in [6.07, 6.45) is 10.5. The summed E-state index contributed by atoms with van der Waals surface area (Å²) in [6, 6.07) is 8.63. The smallest absolute Gasteiger partial charge is 0.150 e. The fourth-order valence-electron chi connectivity index (χ4n) is 4.99. The Balaban J connectivity index is 0.00000167. The first-order valence-electron chi connectivity index (χ1n) is 12.5. The Morgan fingerprint density at radius 2 is 1.77 bits per heavy atom. The minimum atomic E-state index is 0.410. The van der Waals surface area contributed by atoms with Crippen molar-refractivity contribution >= 4 is 17.3 Å². The van der Waals surface area contributed by atoms with Crippen molar-refractivity contribution in [2.75, 3.05) is 7.11 Å². The van der Waals surface area contributed by atoms with Gasteiger partial charge in [0.15, 0.2) is 0 Å². The molecule has 0 radical (unpaired) electrons.